The van der Waals surface area contributed by atoms with E-state index in [-0.39, 0.29) is 31.1 Å². The molecule has 1 fully saturated rings. The van der Waals surface area contributed by atoms with Gasteiger partial charge in [0, 0.05) is 18.7 Å². The first kappa shape index (κ1) is 19.7. The van der Waals surface area contributed by atoms with Gasteiger partial charge in [0.05, 0.1) is 6.04 Å². The number of carbonyl (C=O) groups is 2. The number of benzene rings is 2. The fourth-order valence-corrected chi connectivity index (χ4v) is 3.25. The molecule has 1 aliphatic heterocycles. The highest BCUT2D eigenvalue weighted by Crippen LogP contribution is 2.20. The third-order valence-electron chi connectivity index (χ3n) is 4.71. The number of nitrogens with zero attached hydrogens (tertiary/aromatic N) is 1. The number of piperidine rings is 1. The van der Waals surface area contributed by atoms with Gasteiger partial charge in [-0.05, 0) is 37.0 Å². The summed E-state index contributed by atoms with van der Waals surface area (Å²) in [5, 5.41) is 2.86. The van der Waals surface area contributed by atoms with E-state index in [1.54, 1.807) is 4.90 Å². The molecule has 1 unspecified atom stereocenters. The molecule has 2 aromatic rings. The third kappa shape index (κ3) is 5.98. The first-order valence-corrected chi connectivity index (χ1v) is 9.71. The topological polar surface area (TPSA) is 58.6 Å². The van der Waals surface area contributed by atoms with Crippen LogP contribution in [-0.4, -0.2) is 29.5 Å². The Labute approximate surface area is 166 Å². The Kier molecular flexibility index (Phi) is 7.24. The zero-order valence-electron chi connectivity index (χ0n) is 15.9. The Hall–Kier alpha value is -3.08. The average Bonchev–Trinajstić information content (AvgIpc) is 2.74. The molecule has 1 aliphatic rings. The first-order valence-electron chi connectivity index (χ1n) is 9.71. The second-order valence-corrected chi connectivity index (χ2v) is 6.84. The maximum absolute atomic E-state index is 12.5. The van der Waals surface area contributed by atoms with Gasteiger partial charge in [-0.1, -0.05) is 60.7 Å². The maximum atomic E-state index is 12.5. The van der Waals surface area contributed by atoms with Gasteiger partial charge in [-0.2, -0.15) is 0 Å². The Morgan fingerprint density at radius 2 is 1.75 bits per heavy atom. The number of amides is 2. The highest BCUT2D eigenvalue weighted by Gasteiger charge is 2.26. The van der Waals surface area contributed by atoms with Gasteiger partial charge in [0.1, 0.15) is 6.61 Å². The van der Waals surface area contributed by atoms with Gasteiger partial charge >= 0.3 is 6.09 Å². The van der Waals surface area contributed by atoms with Crippen LogP contribution in [0.25, 0.3) is 0 Å². The molecule has 5 heteroatoms. The minimum absolute atomic E-state index is 0.0263. The Bertz CT molecular complexity index is 790. The van der Waals surface area contributed by atoms with E-state index in [1.807, 2.05) is 72.8 Å². The second-order valence-electron chi connectivity index (χ2n) is 6.84. The number of ether oxygens (including phenoxy) is 1. The Morgan fingerprint density at radius 1 is 1.04 bits per heavy atom. The highest BCUT2D eigenvalue weighted by molar-refractivity contribution is 5.91. The molecule has 0 aliphatic carbocycles. The molecule has 5 nitrogen and oxygen atoms in total. The van der Waals surface area contributed by atoms with E-state index in [0.717, 1.165) is 30.5 Å². The van der Waals surface area contributed by atoms with Crippen LogP contribution in [0.5, 0.6) is 0 Å². The molecule has 1 heterocycles. The van der Waals surface area contributed by atoms with Crippen LogP contribution in [0.1, 0.15) is 31.2 Å². The minimum atomic E-state index is -0.299. The standard InChI is InChI=1S/C23H26N2O3/c26-22(24-20-12-5-2-6-13-20)16-9-15-21-14-7-8-17-25(21)23(27)28-18-19-10-3-1-4-11-19/h1-6,9-13,15,21H,7-8,14,16-18H2,(H,24,26)/b15-9+. The summed E-state index contributed by atoms with van der Waals surface area (Å²) in [4.78, 5) is 26.3. The molecule has 1 saturated heterocycles. The SMILES string of the molecule is O=C(C/C=C/C1CCCCN1C(=O)OCc1ccccc1)Nc1ccccc1. The molecule has 0 saturated carbocycles. The zero-order valence-corrected chi connectivity index (χ0v) is 15.9. The molecule has 0 spiro atoms. The number of para-hydroxylation sites is 1. The van der Waals surface area contributed by atoms with Crippen molar-refractivity contribution in [3.63, 3.8) is 0 Å². The molecule has 146 valence electrons. The summed E-state index contributed by atoms with van der Waals surface area (Å²) < 4.78 is 5.48. The van der Waals surface area contributed by atoms with Crippen molar-refractivity contribution in [2.24, 2.45) is 0 Å². The zero-order chi connectivity index (χ0) is 19.6. The van der Waals surface area contributed by atoms with Crippen LogP contribution in [0, 0.1) is 0 Å². The van der Waals surface area contributed by atoms with Crippen LogP contribution in [0.15, 0.2) is 72.8 Å². The average molecular weight is 378 g/mol. The van der Waals surface area contributed by atoms with Gasteiger partial charge < -0.3 is 15.0 Å². The predicted octanol–water partition coefficient (Wildman–Crippen LogP) is 4.76. The lowest BCUT2D eigenvalue weighted by Crippen LogP contribution is -2.43. The molecule has 1 atom stereocenters. The number of rotatable bonds is 6. The summed E-state index contributed by atoms with van der Waals surface area (Å²) in [5.74, 6) is -0.0727. The smallest absolute Gasteiger partial charge is 0.410 e. The second kappa shape index (κ2) is 10.3. The molecule has 1 N–H and O–H groups in total. The Balaban J connectivity index is 1.50. The summed E-state index contributed by atoms with van der Waals surface area (Å²) in [6.07, 6.45) is 6.69. The van der Waals surface area contributed by atoms with Crippen molar-refractivity contribution in [1.82, 2.24) is 4.90 Å². The lowest BCUT2D eigenvalue weighted by molar-refractivity contribution is -0.115. The molecule has 3 rings (SSSR count). The summed E-state index contributed by atoms with van der Waals surface area (Å²) in [6.45, 7) is 0.949. The van der Waals surface area contributed by atoms with Crippen LogP contribution in [0.2, 0.25) is 0 Å². The fourth-order valence-electron chi connectivity index (χ4n) is 3.25. The number of carbonyl (C=O) groups excluding carboxylic acids is 2. The van der Waals surface area contributed by atoms with Crippen LogP contribution in [-0.2, 0) is 16.1 Å². The van der Waals surface area contributed by atoms with Gasteiger partial charge in [-0.3, -0.25) is 4.79 Å². The maximum Gasteiger partial charge on any atom is 0.410 e. The van der Waals surface area contributed by atoms with E-state index in [2.05, 4.69) is 5.32 Å². The van der Waals surface area contributed by atoms with Crippen LogP contribution >= 0.6 is 0 Å². The quantitative estimate of drug-likeness (QED) is 0.737. The largest absolute Gasteiger partial charge is 0.445 e. The molecule has 2 amide bonds. The lowest BCUT2D eigenvalue weighted by Gasteiger charge is -2.33. The van der Waals surface area contributed by atoms with E-state index in [0.29, 0.717) is 6.54 Å². The molecule has 0 bridgehead atoms. The van der Waals surface area contributed by atoms with E-state index < -0.39 is 0 Å². The van der Waals surface area contributed by atoms with Gasteiger partial charge in [0.2, 0.25) is 5.91 Å². The summed E-state index contributed by atoms with van der Waals surface area (Å²) in [5.41, 5.74) is 1.75. The van der Waals surface area contributed by atoms with Crippen LogP contribution < -0.4 is 5.32 Å². The van der Waals surface area contributed by atoms with E-state index in [4.69, 9.17) is 4.74 Å². The van der Waals surface area contributed by atoms with Crippen molar-refractivity contribution in [2.45, 2.75) is 38.3 Å². The van der Waals surface area contributed by atoms with Gasteiger partial charge in [-0.25, -0.2) is 4.79 Å². The number of hydrogen-bond donors (Lipinski definition) is 1. The lowest BCUT2D eigenvalue weighted by atomic mass is 10.0. The number of hydrogen-bond acceptors (Lipinski definition) is 3. The number of nitrogens with one attached hydrogen (secondary N) is 1. The first-order chi connectivity index (χ1) is 13.7. The monoisotopic (exact) mass is 378 g/mol. The predicted molar refractivity (Wildman–Crippen MR) is 110 cm³/mol. The van der Waals surface area contributed by atoms with E-state index >= 15 is 0 Å². The Morgan fingerprint density at radius 3 is 2.50 bits per heavy atom. The fraction of sp³-hybridized carbons (Fsp3) is 0.304. The number of likely N-dealkylation sites (tertiary alicyclic amines) is 1. The van der Waals surface area contributed by atoms with Crippen LogP contribution in [0.3, 0.4) is 0 Å². The van der Waals surface area contributed by atoms with Crippen molar-refractivity contribution in [3.05, 3.63) is 78.4 Å². The van der Waals surface area contributed by atoms with Crippen molar-refractivity contribution < 1.29 is 14.3 Å². The van der Waals surface area contributed by atoms with Crippen molar-refractivity contribution in [1.29, 1.82) is 0 Å². The van der Waals surface area contributed by atoms with Crippen molar-refractivity contribution in [3.8, 4) is 0 Å². The number of anilines is 1. The van der Waals surface area contributed by atoms with E-state index in [1.165, 1.54) is 0 Å². The van der Waals surface area contributed by atoms with E-state index in [9.17, 15) is 9.59 Å². The molecular formula is C23H26N2O3. The van der Waals surface area contributed by atoms with Gasteiger partial charge in [0.25, 0.3) is 0 Å². The molecule has 0 aromatic heterocycles. The van der Waals surface area contributed by atoms with Gasteiger partial charge in [0.15, 0.2) is 0 Å². The summed E-state index contributed by atoms with van der Waals surface area (Å²) in [6, 6.07) is 19.0. The van der Waals surface area contributed by atoms with Gasteiger partial charge in [-0.15, -0.1) is 0 Å². The minimum Gasteiger partial charge on any atom is -0.445 e. The highest BCUT2D eigenvalue weighted by atomic mass is 16.6. The normalized spacial score (nSPS) is 16.7. The summed E-state index contributed by atoms with van der Waals surface area (Å²) in [7, 11) is 0. The molecule has 2 aromatic carbocycles. The molecular weight excluding hydrogens is 352 g/mol. The summed E-state index contributed by atoms with van der Waals surface area (Å²) >= 11 is 0. The molecule has 28 heavy (non-hydrogen) atoms. The third-order valence-corrected chi connectivity index (χ3v) is 4.71. The molecule has 0 radical (unpaired) electrons. The van der Waals surface area contributed by atoms with Crippen molar-refractivity contribution >= 4 is 17.7 Å². The van der Waals surface area contributed by atoms with Crippen molar-refractivity contribution in [2.75, 3.05) is 11.9 Å². The van der Waals surface area contributed by atoms with Crippen LogP contribution in [0.4, 0.5) is 10.5 Å².